The number of carbonyl (C=O) groups excluding carboxylic acids is 1. The van der Waals surface area contributed by atoms with Crippen LogP contribution in [0.25, 0.3) is 0 Å². The maximum atomic E-state index is 12.2. The normalized spacial score (nSPS) is 14.9. The summed E-state index contributed by atoms with van der Waals surface area (Å²) in [6.45, 7) is 3.51. The van der Waals surface area contributed by atoms with Crippen LogP contribution in [0.15, 0.2) is 18.2 Å². The van der Waals surface area contributed by atoms with Crippen molar-refractivity contribution in [2.24, 2.45) is 5.41 Å². The maximum Gasteiger partial charge on any atom is 0.310 e. The van der Waals surface area contributed by atoms with Gasteiger partial charge in [-0.2, -0.15) is 0 Å². The minimum absolute atomic E-state index is 0.00765. The molecule has 0 saturated heterocycles. The summed E-state index contributed by atoms with van der Waals surface area (Å²) in [5, 5.41) is 11.7. The first kappa shape index (κ1) is 18.3. The van der Waals surface area contributed by atoms with Crippen molar-refractivity contribution in [2.45, 2.75) is 26.7 Å². The Balaban J connectivity index is 2.19. The molecule has 0 aliphatic carbocycles. The lowest BCUT2D eigenvalue weighted by Gasteiger charge is -2.29. The lowest BCUT2D eigenvalue weighted by molar-refractivity contribution is -0.146. The third-order valence-corrected chi connectivity index (χ3v) is 5.27. The van der Waals surface area contributed by atoms with Crippen molar-refractivity contribution in [3.8, 4) is 0 Å². The monoisotopic (exact) mass is 354 g/mol. The van der Waals surface area contributed by atoms with Gasteiger partial charge in [-0.15, -0.1) is 0 Å². The number of carboxylic acids is 1. The zero-order chi connectivity index (χ0) is 18.1. The molecule has 0 bridgehead atoms. The van der Waals surface area contributed by atoms with Crippen LogP contribution < -0.4 is 9.62 Å². The number of carbonyl (C=O) groups is 2. The van der Waals surface area contributed by atoms with Gasteiger partial charge in [-0.1, -0.05) is 0 Å². The summed E-state index contributed by atoms with van der Waals surface area (Å²) in [5.41, 5.74) is 0.741. The van der Waals surface area contributed by atoms with E-state index in [1.165, 1.54) is 18.2 Å². The number of hydrogen-bond donors (Lipinski definition) is 2. The van der Waals surface area contributed by atoms with Crippen molar-refractivity contribution in [1.29, 1.82) is 0 Å². The standard InChI is InChI=1S/C16H22N2O5S/c1-16(2,15(20)21)10-17-14(19)12-6-7-13-11(9-12)5-4-8-18(13)24(3,22)23/h6-7,9H,4-5,8,10H2,1-3H3,(H,17,19)(H,20,21). The largest absolute Gasteiger partial charge is 0.481 e. The van der Waals surface area contributed by atoms with E-state index >= 15 is 0 Å². The molecule has 0 unspecified atom stereocenters. The third kappa shape index (κ3) is 3.87. The van der Waals surface area contributed by atoms with Crippen LogP contribution in [0.5, 0.6) is 0 Å². The average Bonchev–Trinajstić information content (AvgIpc) is 2.50. The van der Waals surface area contributed by atoms with Crippen LogP contribution in [0, 0.1) is 5.41 Å². The predicted molar refractivity (Wildman–Crippen MR) is 90.7 cm³/mol. The van der Waals surface area contributed by atoms with Crippen molar-refractivity contribution in [2.75, 3.05) is 23.7 Å². The van der Waals surface area contributed by atoms with E-state index in [4.69, 9.17) is 5.11 Å². The Morgan fingerprint density at radius 3 is 2.58 bits per heavy atom. The zero-order valence-electron chi connectivity index (χ0n) is 14.0. The van der Waals surface area contributed by atoms with Gasteiger partial charge in [0.05, 0.1) is 17.4 Å². The number of rotatable bonds is 5. The van der Waals surface area contributed by atoms with E-state index in [2.05, 4.69) is 5.32 Å². The van der Waals surface area contributed by atoms with Gasteiger partial charge in [-0.05, 0) is 50.5 Å². The van der Waals surface area contributed by atoms with E-state index in [0.717, 1.165) is 11.8 Å². The topological polar surface area (TPSA) is 104 Å². The Hall–Kier alpha value is -2.09. The van der Waals surface area contributed by atoms with Crippen LogP contribution in [0.2, 0.25) is 0 Å². The van der Waals surface area contributed by atoms with Crippen LogP contribution in [-0.4, -0.2) is 44.7 Å². The van der Waals surface area contributed by atoms with Gasteiger partial charge in [-0.25, -0.2) is 8.42 Å². The Kier molecular flexibility index (Phi) is 4.89. The summed E-state index contributed by atoms with van der Waals surface area (Å²) in [6.07, 6.45) is 2.55. The maximum absolute atomic E-state index is 12.2. The highest BCUT2D eigenvalue weighted by Crippen LogP contribution is 2.29. The van der Waals surface area contributed by atoms with Crippen molar-refractivity contribution in [3.05, 3.63) is 29.3 Å². The first-order chi connectivity index (χ1) is 11.0. The fourth-order valence-corrected chi connectivity index (χ4v) is 3.52. The number of benzene rings is 1. The summed E-state index contributed by atoms with van der Waals surface area (Å²) in [5.74, 6) is -1.36. The molecule has 1 aromatic rings. The highest BCUT2D eigenvalue weighted by atomic mass is 32.2. The molecule has 1 aromatic carbocycles. The second-order valence-corrected chi connectivity index (χ2v) is 8.56. The Morgan fingerprint density at radius 2 is 2.00 bits per heavy atom. The van der Waals surface area contributed by atoms with E-state index in [0.29, 0.717) is 30.6 Å². The molecular weight excluding hydrogens is 332 g/mol. The molecule has 7 nitrogen and oxygen atoms in total. The highest BCUT2D eigenvalue weighted by molar-refractivity contribution is 7.92. The molecule has 132 valence electrons. The van der Waals surface area contributed by atoms with Crippen LogP contribution >= 0.6 is 0 Å². The van der Waals surface area contributed by atoms with Gasteiger partial charge < -0.3 is 10.4 Å². The molecule has 1 aliphatic rings. The van der Waals surface area contributed by atoms with E-state index in [-0.39, 0.29) is 12.5 Å². The Morgan fingerprint density at radius 1 is 1.33 bits per heavy atom. The minimum atomic E-state index is -3.34. The molecule has 1 heterocycles. The van der Waals surface area contributed by atoms with Gasteiger partial charge in [0.1, 0.15) is 0 Å². The highest BCUT2D eigenvalue weighted by Gasteiger charge is 2.28. The molecule has 24 heavy (non-hydrogen) atoms. The number of anilines is 1. The van der Waals surface area contributed by atoms with Crippen LogP contribution in [-0.2, 0) is 21.2 Å². The average molecular weight is 354 g/mol. The SMILES string of the molecule is CC(C)(CNC(=O)c1ccc2c(c1)CCCN2S(C)(=O)=O)C(=O)O. The minimum Gasteiger partial charge on any atom is -0.481 e. The Labute approximate surface area is 141 Å². The molecule has 0 atom stereocenters. The van der Waals surface area contributed by atoms with Gasteiger partial charge in [0, 0.05) is 18.7 Å². The van der Waals surface area contributed by atoms with E-state index in [1.54, 1.807) is 18.2 Å². The van der Waals surface area contributed by atoms with Crippen molar-refractivity contribution >= 4 is 27.6 Å². The number of nitrogens with zero attached hydrogens (tertiary/aromatic N) is 1. The number of hydrogen-bond acceptors (Lipinski definition) is 4. The second-order valence-electron chi connectivity index (χ2n) is 6.65. The summed E-state index contributed by atoms with van der Waals surface area (Å²) in [6, 6.07) is 4.87. The fourth-order valence-electron chi connectivity index (χ4n) is 2.53. The number of amides is 1. The van der Waals surface area contributed by atoms with Crippen LogP contribution in [0.4, 0.5) is 5.69 Å². The number of fused-ring (bicyclic) bond motifs is 1. The molecule has 8 heteroatoms. The van der Waals surface area contributed by atoms with Crippen molar-refractivity contribution < 1.29 is 23.1 Å². The van der Waals surface area contributed by atoms with Crippen LogP contribution in [0.3, 0.4) is 0 Å². The second kappa shape index (κ2) is 6.43. The fraction of sp³-hybridized carbons (Fsp3) is 0.500. The van der Waals surface area contributed by atoms with Gasteiger partial charge >= 0.3 is 5.97 Å². The summed E-state index contributed by atoms with van der Waals surface area (Å²) in [7, 11) is -3.34. The molecule has 0 aromatic heterocycles. The lowest BCUT2D eigenvalue weighted by atomic mass is 9.93. The number of aliphatic carboxylic acids is 1. The molecule has 0 saturated carbocycles. The molecule has 2 N–H and O–H groups in total. The summed E-state index contributed by atoms with van der Waals surface area (Å²) in [4.78, 5) is 23.3. The van der Waals surface area contributed by atoms with E-state index < -0.39 is 21.4 Å². The molecule has 1 aliphatic heterocycles. The quantitative estimate of drug-likeness (QED) is 0.828. The van der Waals surface area contributed by atoms with Gasteiger partial charge in [0.2, 0.25) is 10.0 Å². The molecule has 1 amide bonds. The Bertz CT molecular complexity index is 771. The summed E-state index contributed by atoms with van der Waals surface area (Å²) < 4.78 is 25.0. The number of aryl methyl sites for hydroxylation is 1. The van der Waals surface area contributed by atoms with Gasteiger partial charge in [0.25, 0.3) is 5.91 Å². The first-order valence-electron chi connectivity index (χ1n) is 7.64. The summed E-state index contributed by atoms with van der Waals surface area (Å²) >= 11 is 0. The smallest absolute Gasteiger partial charge is 0.310 e. The molecule has 0 spiro atoms. The predicted octanol–water partition coefficient (Wildman–Crippen LogP) is 1.24. The number of nitrogens with one attached hydrogen (secondary N) is 1. The molecule has 0 radical (unpaired) electrons. The van der Waals surface area contributed by atoms with E-state index in [1.807, 2.05) is 0 Å². The van der Waals surface area contributed by atoms with Gasteiger partial charge in [0.15, 0.2) is 0 Å². The van der Waals surface area contributed by atoms with Crippen molar-refractivity contribution in [3.63, 3.8) is 0 Å². The number of sulfonamides is 1. The number of carboxylic acid groups (broad SMARTS) is 1. The first-order valence-corrected chi connectivity index (χ1v) is 9.49. The van der Waals surface area contributed by atoms with E-state index in [9.17, 15) is 18.0 Å². The zero-order valence-corrected chi connectivity index (χ0v) is 14.8. The third-order valence-electron chi connectivity index (χ3n) is 4.09. The molecule has 0 fully saturated rings. The van der Waals surface area contributed by atoms with Crippen LogP contribution in [0.1, 0.15) is 36.2 Å². The van der Waals surface area contributed by atoms with Crippen molar-refractivity contribution in [1.82, 2.24) is 5.32 Å². The molecule has 2 rings (SSSR count). The lowest BCUT2D eigenvalue weighted by Crippen LogP contribution is -2.39. The van der Waals surface area contributed by atoms with Gasteiger partial charge in [-0.3, -0.25) is 13.9 Å². The molecular formula is C16H22N2O5S.